The van der Waals surface area contributed by atoms with E-state index >= 15 is 0 Å². The highest BCUT2D eigenvalue weighted by Gasteiger charge is 2.26. The molecule has 3 rings (SSSR count). The van der Waals surface area contributed by atoms with Crippen LogP contribution in [0.2, 0.25) is 0 Å². The molecule has 0 radical (unpaired) electrons. The van der Waals surface area contributed by atoms with Crippen molar-refractivity contribution in [1.29, 1.82) is 0 Å². The molecular weight excluding hydrogens is 256 g/mol. The van der Waals surface area contributed by atoms with E-state index in [4.69, 9.17) is 0 Å². The van der Waals surface area contributed by atoms with Crippen LogP contribution in [0.15, 0.2) is 35.1 Å². The van der Waals surface area contributed by atoms with Gasteiger partial charge in [0.1, 0.15) is 5.82 Å². The predicted octanol–water partition coefficient (Wildman–Crippen LogP) is 3.22. The van der Waals surface area contributed by atoms with Gasteiger partial charge < -0.3 is 10.3 Å². The topological polar surface area (TPSA) is 44.9 Å². The normalized spacial score (nSPS) is 22.8. The van der Waals surface area contributed by atoms with Crippen molar-refractivity contribution in [2.75, 3.05) is 11.6 Å². The summed E-state index contributed by atoms with van der Waals surface area (Å²) < 4.78 is 0. The standard InChI is InChI=1S/C15H18N2OS/c1-19-13-8-4-7-12(13)16-14-9-10-5-2-3-6-11(10)15(18)17-14/h2-3,5-6,9,12-13H,4,7-8H2,1H3,(H2,16,17,18). The number of rotatable bonds is 3. The van der Waals surface area contributed by atoms with Crippen LogP contribution in [0.25, 0.3) is 10.8 Å². The molecule has 1 fully saturated rings. The van der Waals surface area contributed by atoms with Gasteiger partial charge in [-0.25, -0.2) is 0 Å². The van der Waals surface area contributed by atoms with Crippen molar-refractivity contribution >= 4 is 28.4 Å². The molecule has 3 nitrogen and oxygen atoms in total. The Morgan fingerprint density at radius 3 is 3.00 bits per heavy atom. The number of pyridine rings is 1. The second-order valence-electron chi connectivity index (χ2n) is 5.06. The quantitative estimate of drug-likeness (QED) is 0.903. The van der Waals surface area contributed by atoms with Crippen molar-refractivity contribution in [3.8, 4) is 0 Å². The van der Waals surface area contributed by atoms with Gasteiger partial charge in [0.15, 0.2) is 0 Å². The third-order valence-corrected chi connectivity index (χ3v) is 5.02. The summed E-state index contributed by atoms with van der Waals surface area (Å²) in [6.07, 6.45) is 5.87. The average Bonchev–Trinajstić information content (AvgIpc) is 2.86. The lowest BCUT2D eigenvalue weighted by atomic mass is 10.1. The lowest BCUT2D eigenvalue weighted by molar-refractivity contribution is 0.763. The van der Waals surface area contributed by atoms with E-state index in [1.807, 2.05) is 42.1 Å². The van der Waals surface area contributed by atoms with Crippen LogP contribution in [0, 0.1) is 0 Å². The van der Waals surface area contributed by atoms with E-state index in [1.54, 1.807) is 0 Å². The minimum absolute atomic E-state index is 0.0145. The summed E-state index contributed by atoms with van der Waals surface area (Å²) >= 11 is 1.91. The molecular formula is C15H18N2OS. The Morgan fingerprint density at radius 1 is 1.32 bits per heavy atom. The molecule has 0 aliphatic heterocycles. The molecule has 0 bridgehead atoms. The van der Waals surface area contributed by atoms with Gasteiger partial charge in [-0.15, -0.1) is 0 Å². The Kier molecular flexibility index (Phi) is 3.51. The van der Waals surface area contributed by atoms with Gasteiger partial charge in [0, 0.05) is 16.7 Å². The minimum Gasteiger partial charge on any atom is -0.368 e. The zero-order valence-electron chi connectivity index (χ0n) is 11.0. The molecule has 2 unspecified atom stereocenters. The molecule has 1 heterocycles. The third-order valence-electron chi connectivity index (χ3n) is 3.85. The van der Waals surface area contributed by atoms with Crippen molar-refractivity contribution in [3.05, 3.63) is 40.7 Å². The lowest BCUT2D eigenvalue weighted by Crippen LogP contribution is -2.27. The summed E-state index contributed by atoms with van der Waals surface area (Å²) in [7, 11) is 0. The smallest absolute Gasteiger partial charge is 0.257 e. The van der Waals surface area contributed by atoms with Gasteiger partial charge in [-0.3, -0.25) is 4.79 Å². The molecule has 2 atom stereocenters. The van der Waals surface area contributed by atoms with E-state index in [0.717, 1.165) is 16.6 Å². The first-order valence-electron chi connectivity index (χ1n) is 6.69. The summed E-state index contributed by atoms with van der Waals surface area (Å²) in [4.78, 5) is 15.0. The number of hydrogen-bond acceptors (Lipinski definition) is 3. The molecule has 2 N–H and O–H groups in total. The van der Waals surface area contributed by atoms with E-state index in [2.05, 4.69) is 16.6 Å². The molecule has 1 aromatic heterocycles. The van der Waals surface area contributed by atoms with E-state index in [-0.39, 0.29) is 5.56 Å². The van der Waals surface area contributed by atoms with E-state index in [1.165, 1.54) is 19.3 Å². The van der Waals surface area contributed by atoms with Gasteiger partial charge in [-0.1, -0.05) is 24.6 Å². The van der Waals surface area contributed by atoms with Gasteiger partial charge in [0.25, 0.3) is 5.56 Å². The molecule has 1 saturated carbocycles. The van der Waals surface area contributed by atoms with Crippen molar-refractivity contribution in [3.63, 3.8) is 0 Å². The van der Waals surface area contributed by atoms with Crippen molar-refractivity contribution < 1.29 is 0 Å². The summed E-state index contributed by atoms with van der Waals surface area (Å²) in [6, 6.07) is 10.2. The van der Waals surface area contributed by atoms with Crippen molar-refractivity contribution in [1.82, 2.24) is 4.98 Å². The molecule has 0 saturated heterocycles. The SMILES string of the molecule is CSC1CCCC1Nc1cc2ccccc2c(=O)[nH]1. The zero-order chi connectivity index (χ0) is 13.2. The van der Waals surface area contributed by atoms with Gasteiger partial charge in [0.2, 0.25) is 0 Å². The molecule has 2 aromatic rings. The molecule has 19 heavy (non-hydrogen) atoms. The Balaban J connectivity index is 1.91. The number of thioether (sulfide) groups is 1. The number of aromatic amines is 1. The van der Waals surface area contributed by atoms with Crippen LogP contribution in [-0.2, 0) is 0 Å². The number of fused-ring (bicyclic) bond motifs is 1. The third kappa shape index (κ3) is 2.50. The maximum atomic E-state index is 12.0. The van der Waals surface area contributed by atoms with E-state index in [9.17, 15) is 4.79 Å². The Morgan fingerprint density at radius 2 is 2.16 bits per heavy atom. The molecule has 1 aromatic carbocycles. The molecule has 0 amide bonds. The molecule has 1 aliphatic rings. The maximum absolute atomic E-state index is 12.0. The van der Waals surface area contributed by atoms with Crippen LogP contribution >= 0.6 is 11.8 Å². The molecule has 100 valence electrons. The van der Waals surface area contributed by atoms with Gasteiger partial charge in [-0.05, 0) is 36.6 Å². The van der Waals surface area contributed by atoms with Gasteiger partial charge in [-0.2, -0.15) is 11.8 Å². The number of anilines is 1. The number of nitrogens with one attached hydrogen (secondary N) is 2. The molecule has 1 aliphatic carbocycles. The lowest BCUT2D eigenvalue weighted by Gasteiger charge is -2.20. The number of aromatic nitrogens is 1. The fraction of sp³-hybridized carbons (Fsp3) is 0.400. The largest absolute Gasteiger partial charge is 0.368 e. The van der Waals surface area contributed by atoms with Crippen LogP contribution in [-0.4, -0.2) is 22.5 Å². The first kappa shape index (κ1) is 12.6. The summed E-state index contributed by atoms with van der Waals surface area (Å²) in [5.74, 6) is 0.842. The fourth-order valence-electron chi connectivity index (χ4n) is 2.86. The Labute approximate surface area is 116 Å². The highest BCUT2D eigenvalue weighted by atomic mass is 32.2. The number of benzene rings is 1. The monoisotopic (exact) mass is 274 g/mol. The second kappa shape index (κ2) is 5.29. The first-order chi connectivity index (χ1) is 9.28. The minimum atomic E-state index is -0.0145. The van der Waals surface area contributed by atoms with E-state index in [0.29, 0.717) is 11.3 Å². The van der Waals surface area contributed by atoms with Crippen LogP contribution in [0.5, 0.6) is 0 Å². The number of hydrogen-bond donors (Lipinski definition) is 2. The van der Waals surface area contributed by atoms with Crippen molar-refractivity contribution in [2.24, 2.45) is 0 Å². The predicted molar refractivity (Wildman–Crippen MR) is 83.1 cm³/mol. The van der Waals surface area contributed by atoms with Crippen LogP contribution in [0.1, 0.15) is 19.3 Å². The van der Waals surface area contributed by atoms with Crippen LogP contribution < -0.4 is 10.9 Å². The summed E-state index contributed by atoms with van der Waals surface area (Å²) in [6.45, 7) is 0. The van der Waals surface area contributed by atoms with E-state index < -0.39 is 0 Å². The van der Waals surface area contributed by atoms with Crippen LogP contribution in [0.3, 0.4) is 0 Å². The highest BCUT2D eigenvalue weighted by molar-refractivity contribution is 7.99. The van der Waals surface area contributed by atoms with Crippen molar-refractivity contribution in [2.45, 2.75) is 30.6 Å². The van der Waals surface area contributed by atoms with Gasteiger partial charge in [0.05, 0.1) is 0 Å². The fourth-order valence-corrected chi connectivity index (χ4v) is 3.80. The summed E-state index contributed by atoms with van der Waals surface area (Å²) in [5.41, 5.74) is -0.0145. The maximum Gasteiger partial charge on any atom is 0.257 e. The summed E-state index contributed by atoms with van der Waals surface area (Å²) in [5, 5.41) is 5.89. The molecule has 0 spiro atoms. The van der Waals surface area contributed by atoms with Crippen LogP contribution in [0.4, 0.5) is 5.82 Å². The van der Waals surface area contributed by atoms with Gasteiger partial charge >= 0.3 is 0 Å². The first-order valence-corrected chi connectivity index (χ1v) is 7.98. The molecule has 4 heteroatoms. The highest BCUT2D eigenvalue weighted by Crippen LogP contribution is 2.30. The Bertz CT molecular complexity index is 637. The number of H-pyrrole nitrogens is 1. The Hall–Kier alpha value is -1.42. The zero-order valence-corrected chi connectivity index (χ0v) is 11.8. The second-order valence-corrected chi connectivity index (χ2v) is 6.13. The average molecular weight is 274 g/mol.